The van der Waals surface area contributed by atoms with E-state index in [1.165, 1.54) is 10.6 Å². The van der Waals surface area contributed by atoms with Crippen LogP contribution in [0, 0.1) is 18.3 Å². The van der Waals surface area contributed by atoms with Gasteiger partial charge in [-0.05, 0) is 36.8 Å². The van der Waals surface area contributed by atoms with Crippen LogP contribution in [0.4, 0.5) is 5.82 Å². The van der Waals surface area contributed by atoms with Crippen LogP contribution in [0.15, 0.2) is 35.3 Å². The number of aromatic nitrogens is 2. The second-order valence-electron chi connectivity index (χ2n) is 3.67. The van der Waals surface area contributed by atoms with E-state index in [-0.39, 0.29) is 5.82 Å². The number of nitrogens with two attached hydrogens (primary N) is 1. The molecule has 1 aromatic heterocycles. The number of anilines is 1. The number of hydrogen-bond acceptors (Lipinski definition) is 4. The molecule has 2 N–H and O–H groups in total. The number of rotatable bonds is 1. The Morgan fingerprint density at radius 2 is 2.18 bits per heavy atom. The highest BCUT2D eigenvalue weighted by molar-refractivity contribution is 5.45. The summed E-state index contributed by atoms with van der Waals surface area (Å²) in [5, 5.41) is 8.87. The third kappa shape index (κ3) is 2.16. The SMILES string of the molecule is Cc1cc(C#N)cc(-n2ccc(N)nc2=O)c1. The van der Waals surface area contributed by atoms with Gasteiger partial charge in [-0.15, -0.1) is 0 Å². The third-order valence-electron chi connectivity index (χ3n) is 2.29. The first kappa shape index (κ1) is 10.9. The fourth-order valence-electron chi connectivity index (χ4n) is 1.58. The molecule has 0 saturated carbocycles. The van der Waals surface area contributed by atoms with Crippen molar-refractivity contribution >= 4 is 5.82 Å². The van der Waals surface area contributed by atoms with Crippen LogP contribution >= 0.6 is 0 Å². The zero-order chi connectivity index (χ0) is 12.4. The molecule has 5 heteroatoms. The van der Waals surface area contributed by atoms with Crippen molar-refractivity contribution in [3.63, 3.8) is 0 Å². The predicted molar refractivity (Wildman–Crippen MR) is 63.7 cm³/mol. The Hall–Kier alpha value is -2.61. The van der Waals surface area contributed by atoms with Crippen LogP contribution in [-0.4, -0.2) is 9.55 Å². The fourth-order valence-corrected chi connectivity index (χ4v) is 1.58. The third-order valence-corrected chi connectivity index (χ3v) is 2.29. The summed E-state index contributed by atoms with van der Waals surface area (Å²) in [5.74, 6) is 0.180. The van der Waals surface area contributed by atoms with E-state index in [4.69, 9.17) is 11.0 Å². The molecule has 17 heavy (non-hydrogen) atoms. The van der Waals surface area contributed by atoms with Gasteiger partial charge in [0.05, 0.1) is 17.3 Å². The normalized spacial score (nSPS) is 9.88. The molecule has 0 radical (unpaired) electrons. The van der Waals surface area contributed by atoms with Crippen LogP contribution in [0.2, 0.25) is 0 Å². The number of nitriles is 1. The van der Waals surface area contributed by atoms with E-state index in [9.17, 15) is 4.79 Å². The summed E-state index contributed by atoms with van der Waals surface area (Å²) in [4.78, 5) is 15.3. The Morgan fingerprint density at radius 3 is 2.82 bits per heavy atom. The van der Waals surface area contributed by atoms with Crippen molar-refractivity contribution in [1.29, 1.82) is 5.26 Å². The summed E-state index contributed by atoms with van der Waals surface area (Å²) >= 11 is 0. The number of aryl methyl sites for hydroxylation is 1. The maximum atomic E-state index is 11.6. The molecule has 1 aromatic carbocycles. The smallest absolute Gasteiger partial charge is 0.354 e. The predicted octanol–water partition coefficient (Wildman–Crippen LogP) is 0.995. The van der Waals surface area contributed by atoms with Crippen LogP contribution in [0.3, 0.4) is 0 Å². The molecule has 0 amide bonds. The quantitative estimate of drug-likeness (QED) is 0.785. The Labute approximate surface area is 97.8 Å². The van der Waals surface area contributed by atoms with E-state index in [2.05, 4.69) is 4.98 Å². The maximum Gasteiger partial charge on any atom is 0.354 e. The fraction of sp³-hybridized carbons (Fsp3) is 0.0833. The van der Waals surface area contributed by atoms with E-state index in [0.29, 0.717) is 11.3 Å². The lowest BCUT2D eigenvalue weighted by Crippen LogP contribution is -2.21. The van der Waals surface area contributed by atoms with Gasteiger partial charge in [-0.2, -0.15) is 10.2 Å². The highest BCUT2D eigenvalue weighted by Crippen LogP contribution is 2.12. The van der Waals surface area contributed by atoms with Crippen LogP contribution in [0.1, 0.15) is 11.1 Å². The van der Waals surface area contributed by atoms with Crippen molar-refractivity contribution < 1.29 is 0 Å². The lowest BCUT2D eigenvalue weighted by molar-refractivity contribution is 0.917. The van der Waals surface area contributed by atoms with E-state index in [0.717, 1.165) is 5.56 Å². The van der Waals surface area contributed by atoms with E-state index in [1.54, 1.807) is 24.4 Å². The molecule has 0 spiro atoms. The minimum absolute atomic E-state index is 0.180. The highest BCUT2D eigenvalue weighted by atomic mass is 16.1. The molecule has 0 aliphatic rings. The topological polar surface area (TPSA) is 84.7 Å². The van der Waals surface area contributed by atoms with Crippen molar-refractivity contribution in [3.8, 4) is 11.8 Å². The van der Waals surface area contributed by atoms with Gasteiger partial charge < -0.3 is 5.73 Å². The van der Waals surface area contributed by atoms with Gasteiger partial charge in [-0.1, -0.05) is 0 Å². The van der Waals surface area contributed by atoms with Crippen molar-refractivity contribution in [2.75, 3.05) is 5.73 Å². The molecule has 5 nitrogen and oxygen atoms in total. The summed E-state index contributed by atoms with van der Waals surface area (Å²) in [6.45, 7) is 1.86. The average molecular weight is 226 g/mol. The van der Waals surface area contributed by atoms with Gasteiger partial charge in [0.15, 0.2) is 0 Å². The van der Waals surface area contributed by atoms with Crippen molar-refractivity contribution in [3.05, 3.63) is 52.1 Å². The second kappa shape index (κ2) is 4.10. The molecule has 0 fully saturated rings. The van der Waals surface area contributed by atoms with Gasteiger partial charge in [-0.3, -0.25) is 4.57 Å². The standard InChI is InChI=1S/C12H10N4O/c1-8-4-9(7-13)6-10(5-8)16-3-2-11(14)15-12(16)17/h2-6H,1H3,(H2,14,15,17). The van der Waals surface area contributed by atoms with Gasteiger partial charge in [-0.25, -0.2) is 4.79 Å². The van der Waals surface area contributed by atoms with Gasteiger partial charge in [0.2, 0.25) is 0 Å². The first-order chi connectivity index (χ1) is 8.10. The van der Waals surface area contributed by atoms with Gasteiger partial charge in [0.25, 0.3) is 0 Å². The minimum atomic E-state index is -0.459. The summed E-state index contributed by atoms with van der Waals surface area (Å²) in [6, 6.07) is 8.77. The molecule has 2 aromatic rings. The Morgan fingerprint density at radius 1 is 1.41 bits per heavy atom. The van der Waals surface area contributed by atoms with Crippen molar-refractivity contribution in [2.24, 2.45) is 0 Å². The van der Waals surface area contributed by atoms with Gasteiger partial charge in [0.1, 0.15) is 5.82 Å². The monoisotopic (exact) mass is 226 g/mol. The largest absolute Gasteiger partial charge is 0.383 e. The van der Waals surface area contributed by atoms with Gasteiger partial charge >= 0.3 is 5.69 Å². The Bertz CT molecular complexity index is 667. The molecule has 0 unspecified atom stereocenters. The van der Waals surface area contributed by atoms with Crippen LogP contribution in [-0.2, 0) is 0 Å². The molecule has 0 aliphatic heterocycles. The van der Waals surface area contributed by atoms with E-state index in [1.807, 2.05) is 13.0 Å². The minimum Gasteiger partial charge on any atom is -0.383 e. The van der Waals surface area contributed by atoms with E-state index < -0.39 is 5.69 Å². The molecule has 0 atom stereocenters. The number of nitrogen functional groups attached to an aromatic ring is 1. The molecular formula is C12H10N4O. The molecule has 0 aliphatic carbocycles. The zero-order valence-electron chi connectivity index (χ0n) is 9.21. The summed E-state index contributed by atoms with van der Waals surface area (Å²) in [6.07, 6.45) is 1.54. The second-order valence-corrected chi connectivity index (χ2v) is 3.67. The Balaban J connectivity index is 2.65. The molecule has 2 rings (SSSR count). The lowest BCUT2D eigenvalue weighted by atomic mass is 10.1. The van der Waals surface area contributed by atoms with Crippen LogP contribution < -0.4 is 11.4 Å². The van der Waals surface area contributed by atoms with Crippen molar-refractivity contribution in [2.45, 2.75) is 6.92 Å². The average Bonchev–Trinajstić information content (AvgIpc) is 2.28. The van der Waals surface area contributed by atoms with Crippen LogP contribution in [0.5, 0.6) is 0 Å². The highest BCUT2D eigenvalue weighted by Gasteiger charge is 2.03. The summed E-state index contributed by atoms with van der Waals surface area (Å²) < 4.78 is 1.35. The van der Waals surface area contributed by atoms with Gasteiger partial charge in [0, 0.05) is 6.20 Å². The summed E-state index contributed by atoms with van der Waals surface area (Å²) in [7, 11) is 0. The first-order valence-electron chi connectivity index (χ1n) is 4.97. The zero-order valence-corrected chi connectivity index (χ0v) is 9.21. The molecule has 84 valence electrons. The van der Waals surface area contributed by atoms with Crippen LogP contribution in [0.25, 0.3) is 5.69 Å². The molecule has 1 heterocycles. The molecule has 0 saturated heterocycles. The number of nitrogens with zero attached hydrogens (tertiary/aromatic N) is 3. The Kier molecular flexibility index (Phi) is 2.63. The maximum absolute atomic E-state index is 11.6. The van der Waals surface area contributed by atoms with E-state index >= 15 is 0 Å². The number of hydrogen-bond donors (Lipinski definition) is 1. The number of benzene rings is 1. The summed E-state index contributed by atoms with van der Waals surface area (Å²) in [5.41, 5.74) is 6.97. The molecule has 0 bridgehead atoms. The first-order valence-corrected chi connectivity index (χ1v) is 4.97. The van der Waals surface area contributed by atoms with Crippen molar-refractivity contribution in [1.82, 2.24) is 9.55 Å². The lowest BCUT2D eigenvalue weighted by Gasteiger charge is -2.06. The molecular weight excluding hydrogens is 216 g/mol.